The SMILES string of the molecule is CCCNCc1cc(S(=O)(=O)NC2CC2CC)ccc1Cl. The minimum absolute atomic E-state index is 0.0948. The van der Waals surface area contributed by atoms with Crippen LogP contribution >= 0.6 is 11.6 Å². The van der Waals surface area contributed by atoms with Crippen molar-refractivity contribution in [2.75, 3.05) is 6.54 Å². The Morgan fingerprint density at radius 3 is 2.71 bits per heavy atom. The Kier molecular flexibility index (Phi) is 5.66. The molecular formula is C15H23ClN2O2S. The molecule has 0 bridgehead atoms. The highest BCUT2D eigenvalue weighted by Crippen LogP contribution is 2.34. The molecule has 0 amide bonds. The van der Waals surface area contributed by atoms with Crippen LogP contribution in [0.1, 0.15) is 38.7 Å². The van der Waals surface area contributed by atoms with Crippen LogP contribution in [-0.2, 0) is 16.6 Å². The standard InChI is InChI=1S/C15H23ClN2O2S/c1-3-7-17-10-12-8-13(5-6-14(12)16)21(19,20)18-15-9-11(15)4-2/h5-6,8,11,15,17-18H,3-4,7,9-10H2,1-2H3. The van der Waals surface area contributed by atoms with E-state index in [-0.39, 0.29) is 6.04 Å². The van der Waals surface area contributed by atoms with Crippen molar-refractivity contribution >= 4 is 21.6 Å². The maximum atomic E-state index is 12.4. The smallest absolute Gasteiger partial charge is 0.240 e. The lowest BCUT2D eigenvalue weighted by Gasteiger charge is -2.10. The summed E-state index contributed by atoms with van der Waals surface area (Å²) in [5, 5.41) is 3.83. The first-order valence-electron chi connectivity index (χ1n) is 7.49. The predicted molar refractivity (Wildman–Crippen MR) is 86.0 cm³/mol. The lowest BCUT2D eigenvalue weighted by molar-refractivity contribution is 0.575. The van der Waals surface area contributed by atoms with Gasteiger partial charge in [0.1, 0.15) is 0 Å². The van der Waals surface area contributed by atoms with Crippen LogP contribution in [0.2, 0.25) is 5.02 Å². The van der Waals surface area contributed by atoms with Crippen molar-refractivity contribution < 1.29 is 8.42 Å². The third kappa shape index (κ3) is 4.42. The fourth-order valence-corrected chi connectivity index (χ4v) is 3.92. The van der Waals surface area contributed by atoms with Gasteiger partial charge in [-0.2, -0.15) is 0 Å². The maximum Gasteiger partial charge on any atom is 0.240 e. The van der Waals surface area contributed by atoms with Crippen LogP contribution in [-0.4, -0.2) is 21.0 Å². The molecule has 2 unspecified atom stereocenters. The second kappa shape index (κ2) is 7.09. The van der Waals surface area contributed by atoms with Crippen LogP contribution in [0, 0.1) is 5.92 Å². The van der Waals surface area contributed by atoms with E-state index in [2.05, 4.69) is 23.9 Å². The van der Waals surface area contributed by atoms with Gasteiger partial charge in [-0.25, -0.2) is 13.1 Å². The molecule has 0 aliphatic heterocycles. The van der Waals surface area contributed by atoms with Crippen LogP contribution in [0.4, 0.5) is 0 Å². The molecule has 0 spiro atoms. The molecule has 2 atom stereocenters. The van der Waals surface area contributed by atoms with E-state index in [0.29, 0.717) is 22.4 Å². The molecule has 1 fully saturated rings. The molecular weight excluding hydrogens is 308 g/mol. The predicted octanol–water partition coefficient (Wildman–Crippen LogP) is 2.92. The maximum absolute atomic E-state index is 12.4. The summed E-state index contributed by atoms with van der Waals surface area (Å²) in [4.78, 5) is 0.293. The minimum Gasteiger partial charge on any atom is -0.313 e. The Morgan fingerprint density at radius 2 is 2.10 bits per heavy atom. The number of hydrogen-bond acceptors (Lipinski definition) is 3. The van der Waals surface area contributed by atoms with E-state index in [4.69, 9.17) is 11.6 Å². The molecule has 0 saturated heterocycles. The highest BCUT2D eigenvalue weighted by molar-refractivity contribution is 7.89. The average Bonchev–Trinajstić information content (AvgIpc) is 3.18. The summed E-state index contributed by atoms with van der Waals surface area (Å²) in [6, 6.07) is 4.98. The first-order chi connectivity index (χ1) is 9.97. The first-order valence-corrected chi connectivity index (χ1v) is 9.35. The Morgan fingerprint density at radius 1 is 1.33 bits per heavy atom. The summed E-state index contributed by atoms with van der Waals surface area (Å²) < 4.78 is 27.5. The Hall–Kier alpha value is -0.620. The van der Waals surface area contributed by atoms with Gasteiger partial charge < -0.3 is 5.32 Å². The lowest BCUT2D eigenvalue weighted by Crippen LogP contribution is -2.27. The fourth-order valence-electron chi connectivity index (χ4n) is 2.36. The zero-order chi connectivity index (χ0) is 15.5. The summed E-state index contributed by atoms with van der Waals surface area (Å²) in [6.45, 7) is 5.63. The Balaban J connectivity index is 2.10. The van der Waals surface area contributed by atoms with Crippen molar-refractivity contribution in [3.63, 3.8) is 0 Å². The molecule has 0 radical (unpaired) electrons. The summed E-state index contributed by atoms with van der Waals surface area (Å²) in [6.07, 6.45) is 2.98. The van der Waals surface area contributed by atoms with Crippen molar-refractivity contribution in [1.29, 1.82) is 0 Å². The van der Waals surface area contributed by atoms with Crippen LogP contribution in [0.25, 0.3) is 0 Å². The molecule has 0 aromatic heterocycles. The third-order valence-corrected chi connectivity index (χ3v) is 5.68. The second-order valence-corrected chi connectivity index (χ2v) is 7.68. The van der Waals surface area contributed by atoms with Crippen molar-refractivity contribution in [1.82, 2.24) is 10.0 Å². The minimum atomic E-state index is -3.45. The van der Waals surface area contributed by atoms with Gasteiger partial charge in [-0.15, -0.1) is 0 Å². The average molecular weight is 331 g/mol. The monoisotopic (exact) mass is 330 g/mol. The molecule has 1 saturated carbocycles. The number of sulfonamides is 1. The van der Waals surface area contributed by atoms with Gasteiger partial charge in [0.25, 0.3) is 0 Å². The summed E-state index contributed by atoms with van der Waals surface area (Å²) >= 11 is 6.13. The normalized spacial score (nSPS) is 21.5. The van der Waals surface area contributed by atoms with Crippen LogP contribution in [0.5, 0.6) is 0 Å². The molecule has 0 heterocycles. The van der Waals surface area contributed by atoms with E-state index in [9.17, 15) is 8.42 Å². The van der Waals surface area contributed by atoms with Gasteiger partial charge in [-0.3, -0.25) is 0 Å². The van der Waals surface area contributed by atoms with Gasteiger partial charge in [0.2, 0.25) is 10.0 Å². The number of halogens is 1. The van der Waals surface area contributed by atoms with E-state index in [1.165, 1.54) is 0 Å². The van der Waals surface area contributed by atoms with Crippen molar-refractivity contribution in [3.05, 3.63) is 28.8 Å². The lowest BCUT2D eigenvalue weighted by atomic mass is 10.2. The van der Waals surface area contributed by atoms with Crippen LogP contribution in [0.15, 0.2) is 23.1 Å². The van der Waals surface area contributed by atoms with E-state index >= 15 is 0 Å². The number of rotatable bonds is 8. The molecule has 1 aromatic carbocycles. The Labute approximate surface area is 132 Å². The largest absolute Gasteiger partial charge is 0.313 e. The van der Waals surface area contributed by atoms with E-state index in [0.717, 1.165) is 31.4 Å². The van der Waals surface area contributed by atoms with Gasteiger partial charge in [0, 0.05) is 17.6 Å². The zero-order valence-electron chi connectivity index (χ0n) is 12.5. The quantitative estimate of drug-likeness (QED) is 0.720. The summed E-state index contributed by atoms with van der Waals surface area (Å²) in [5.74, 6) is 0.484. The van der Waals surface area contributed by atoms with Crippen molar-refractivity contribution in [3.8, 4) is 0 Å². The number of hydrogen-bond donors (Lipinski definition) is 2. The van der Waals surface area contributed by atoms with Crippen molar-refractivity contribution in [2.45, 2.75) is 50.6 Å². The van der Waals surface area contributed by atoms with E-state index < -0.39 is 10.0 Å². The van der Waals surface area contributed by atoms with Crippen LogP contribution < -0.4 is 10.0 Å². The number of nitrogens with one attached hydrogen (secondary N) is 2. The van der Waals surface area contributed by atoms with Crippen molar-refractivity contribution in [2.24, 2.45) is 5.92 Å². The first kappa shape index (κ1) is 16.7. The topological polar surface area (TPSA) is 58.2 Å². The molecule has 2 rings (SSSR count). The van der Waals surface area contributed by atoms with Gasteiger partial charge >= 0.3 is 0 Å². The summed E-state index contributed by atoms with van der Waals surface area (Å²) in [5.41, 5.74) is 0.816. The molecule has 1 aliphatic rings. The molecule has 1 aromatic rings. The summed E-state index contributed by atoms with van der Waals surface area (Å²) in [7, 11) is -3.45. The highest BCUT2D eigenvalue weighted by atomic mass is 35.5. The van der Waals surface area contributed by atoms with Gasteiger partial charge in [0.05, 0.1) is 4.90 Å². The fraction of sp³-hybridized carbons (Fsp3) is 0.600. The van der Waals surface area contributed by atoms with Gasteiger partial charge in [-0.05, 0) is 49.1 Å². The molecule has 4 nitrogen and oxygen atoms in total. The van der Waals surface area contributed by atoms with E-state index in [1.54, 1.807) is 18.2 Å². The molecule has 2 N–H and O–H groups in total. The zero-order valence-corrected chi connectivity index (χ0v) is 14.1. The molecule has 21 heavy (non-hydrogen) atoms. The molecule has 1 aliphatic carbocycles. The third-order valence-electron chi connectivity index (χ3n) is 3.82. The van der Waals surface area contributed by atoms with E-state index in [1.807, 2.05) is 0 Å². The Bertz CT molecular complexity index is 589. The second-order valence-electron chi connectivity index (χ2n) is 5.56. The van der Waals surface area contributed by atoms with Crippen LogP contribution in [0.3, 0.4) is 0 Å². The molecule has 118 valence electrons. The van der Waals surface area contributed by atoms with Gasteiger partial charge in [-0.1, -0.05) is 31.9 Å². The molecule has 6 heteroatoms. The highest BCUT2D eigenvalue weighted by Gasteiger charge is 2.38. The number of benzene rings is 1. The van der Waals surface area contributed by atoms with Gasteiger partial charge in [0.15, 0.2) is 0 Å².